The molecule has 3 fully saturated rings. The molecule has 1 saturated heterocycles. The lowest BCUT2D eigenvalue weighted by molar-refractivity contribution is -0.385. The van der Waals surface area contributed by atoms with Crippen LogP contribution in [0.3, 0.4) is 0 Å². The molecule has 0 radical (unpaired) electrons. The predicted molar refractivity (Wildman–Crippen MR) is 88.8 cm³/mol. The number of allylic oxidation sites excluding steroid dienone is 2. The number of nitro benzene ring substituents is 1. The molecule has 2 N–H and O–H groups in total. The summed E-state index contributed by atoms with van der Waals surface area (Å²) < 4.78 is 0. The SMILES string of the molecule is O=C(NN1C(=O)C2C3C=CC(C4CC34)C2C1=O)c1ccc(O)c([N+](=O)[O-])c1. The van der Waals surface area contributed by atoms with Crippen LogP contribution >= 0.6 is 0 Å². The standard InChI is InChI=1S/C18H15N3O6/c22-13-4-1-7(5-12(13)21(26)27)16(23)19-20-17(24)14-8-2-3-9(11-6-10(8)11)15(14)18(20)25/h1-5,8-11,14-15,22H,6H2,(H,19,23). The second-order valence-electron chi connectivity index (χ2n) is 7.57. The van der Waals surface area contributed by atoms with E-state index in [1.54, 1.807) is 0 Å². The Kier molecular flexibility index (Phi) is 3.05. The number of phenols is 1. The summed E-state index contributed by atoms with van der Waals surface area (Å²) in [4.78, 5) is 48.2. The molecule has 9 nitrogen and oxygen atoms in total. The highest BCUT2D eigenvalue weighted by molar-refractivity contribution is 6.08. The van der Waals surface area contributed by atoms with Gasteiger partial charge >= 0.3 is 5.69 Å². The van der Waals surface area contributed by atoms with Gasteiger partial charge in [0, 0.05) is 11.6 Å². The molecule has 0 spiro atoms. The average Bonchev–Trinajstić information content (AvgIpc) is 3.43. The minimum atomic E-state index is -0.817. The Morgan fingerprint density at radius 2 is 1.74 bits per heavy atom. The van der Waals surface area contributed by atoms with Gasteiger partial charge in [0.15, 0.2) is 5.75 Å². The van der Waals surface area contributed by atoms with Crippen molar-refractivity contribution in [3.63, 3.8) is 0 Å². The number of aromatic hydroxyl groups is 1. The number of nitro groups is 1. The molecule has 27 heavy (non-hydrogen) atoms. The quantitative estimate of drug-likeness (QED) is 0.354. The van der Waals surface area contributed by atoms with Gasteiger partial charge in [-0.2, -0.15) is 5.01 Å². The van der Waals surface area contributed by atoms with Crippen LogP contribution in [0.4, 0.5) is 5.69 Å². The zero-order valence-corrected chi connectivity index (χ0v) is 13.9. The van der Waals surface area contributed by atoms with Crippen LogP contribution in [0.2, 0.25) is 0 Å². The van der Waals surface area contributed by atoms with Gasteiger partial charge in [0.1, 0.15) is 0 Å². The Labute approximate surface area is 152 Å². The molecule has 2 saturated carbocycles. The Morgan fingerprint density at radius 1 is 1.15 bits per heavy atom. The molecule has 1 aromatic rings. The van der Waals surface area contributed by atoms with Crippen molar-refractivity contribution in [2.24, 2.45) is 35.5 Å². The summed E-state index contributed by atoms with van der Waals surface area (Å²) in [6.45, 7) is 0. The predicted octanol–water partition coefficient (Wildman–Crippen LogP) is 0.998. The molecule has 4 aliphatic carbocycles. The van der Waals surface area contributed by atoms with E-state index in [0.717, 1.165) is 23.6 Å². The molecule has 9 heteroatoms. The smallest absolute Gasteiger partial charge is 0.311 e. The number of benzene rings is 1. The molecule has 3 amide bonds. The number of rotatable bonds is 3. The Hall–Kier alpha value is -3.23. The first-order valence-electron chi connectivity index (χ1n) is 8.73. The summed E-state index contributed by atoms with van der Waals surface area (Å²) in [6.07, 6.45) is 5.10. The minimum absolute atomic E-state index is 0.0399. The molecule has 1 heterocycles. The number of nitrogens with one attached hydrogen (secondary N) is 1. The number of hydrogen-bond acceptors (Lipinski definition) is 6. The molecule has 1 aromatic carbocycles. The zero-order valence-electron chi connectivity index (χ0n) is 13.9. The second kappa shape index (κ2) is 5.15. The third-order valence-electron chi connectivity index (χ3n) is 6.31. The van der Waals surface area contributed by atoms with Crippen LogP contribution in [-0.2, 0) is 9.59 Å². The first kappa shape index (κ1) is 16.0. The molecule has 138 valence electrons. The monoisotopic (exact) mass is 369 g/mol. The fraction of sp³-hybridized carbons (Fsp3) is 0.389. The summed E-state index contributed by atoms with van der Waals surface area (Å²) in [5, 5.41) is 21.2. The van der Waals surface area contributed by atoms with Gasteiger partial charge in [-0.25, -0.2) is 0 Å². The van der Waals surface area contributed by atoms with Crippen molar-refractivity contribution >= 4 is 23.4 Å². The maximum atomic E-state index is 12.8. The van der Waals surface area contributed by atoms with Crippen molar-refractivity contribution in [3.8, 4) is 5.75 Å². The Bertz CT molecular complexity index is 920. The summed E-state index contributed by atoms with van der Waals surface area (Å²) in [7, 11) is 0. The van der Waals surface area contributed by atoms with E-state index >= 15 is 0 Å². The van der Waals surface area contributed by atoms with Crippen LogP contribution in [0.5, 0.6) is 5.75 Å². The van der Waals surface area contributed by atoms with Crippen molar-refractivity contribution in [1.82, 2.24) is 10.4 Å². The molecule has 6 unspecified atom stereocenters. The summed E-state index contributed by atoms with van der Waals surface area (Å²) in [6, 6.07) is 3.12. The molecule has 0 aromatic heterocycles. The third kappa shape index (κ3) is 2.08. The first-order valence-corrected chi connectivity index (χ1v) is 8.73. The number of amides is 3. The molecular weight excluding hydrogens is 354 g/mol. The number of nitrogens with zero attached hydrogens (tertiary/aromatic N) is 2. The van der Waals surface area contributed by atoms with Crippen molar-refractivity contribution in [3.05, 3.63) is 46.0 Å². The van der Waals surface area contributed by atoms with Gasteiger partial charge in [-0.1, -0.05) is 12.2 Å². The van der Waals surface area contributed by atoms with E-state index < -0.39 is 45.9 Å². The van der Waals surface area contributed by atoms with E-state index in [1.165, 1.54) is 6.07 Å². The minimum Gasteiger partial charge on any atom is -0.502 e. The van der Waals surface area contributed by atoms with Gasteiger partial charge in [-0.05, 0) is 42.2 Å². The van der Waals surface area contributed by atoms with Crippen molar-refractivity contribution < 1.29 is 24.4 Å². The summed E-state index contributed by atoms with van der Waals surface area (Å²) in [5.74, 6) is -2.12. The second-order valence-corrected chi connectivity index (χ2v) is 7.57. The van der Waals surface area contributed by atoms with Crippen molar-refractivity contribution in [2.45, 2.75) is 6.42 Å². The zero-order chi connectivity index (χ0) is 19.0. The topological polar surface area (TPSA) is 130 Å². The summed E-state index contributed by atoms with van der Waals surface area (Å²) in [5.41, 5.74) is 1.55. The van der Waals surface area contributed by atoms with Crippen molar-refractivity contribution in [2.75, 3.05) is 0 Å². The highest BCUT2D eigenvalue weighted by atomic mass is 16.6. The van der Waals surface area contributed by atoms with E-state index in [4.69, 9.17) is 0 Å². The van der Waals surface area contributed by atoms with Crippen LogP contribution < -0.4 is 5.43 Å². The highest BCUT2D eigenvalue weighted by Gasteiger charge is 2.67. The molecule has 1 aliphatic heterocycles. The van der Waals surface area contributed by atoms with E-state index in [1.807, 2.05) is 12.2 Å². The third-order valence-corrected chi connectivity index (χ3v) is 6.31. The van der Waals surface area contributed by atoms with Crippen LogP contribution in [-0.4, -0.2) is 32.8 Å². The lowest BCUT2D eigenvalue weighted by Gasteiger charge is -2.37. The number of carbonyl (C=O) groups is 3. The van der Waals surface area contributed by atoms with Gasteiger partial charge in [-0.15, -0.1) is 0 Å². The molecule has 6 atom stereocenters. The lowest BCUT2D eigenvalue weighted by atomic mass is 9.63. The maximum absolute atomic E-state index is 12.8. The number of phenolic OH excluding ortho intramolecular Hbond substituents is 1. The van der Waals surface area contributed by atoms with Gasteiger partial charge in [0.05, 0.1) is 16.8 Å². The molecule has 5 aliphatic rings. The van der Waals surface area contributed by atoms with Crippen molar-refractivity contribution in [1.29, 1.82) is 0 Å². The van der Waals surface area contributed by atoms with E-state index in [2.05, 4.69) is 5.43 Å². The molecule has 2 bridgehead atoms. The number of imide groups is 1. The summed E-state index contributed by atoms with van der Waals surface area (Å²) >= 11 is 0. The van der Waals surface area contributed by atoms with E-state index in [9.17, 15) is 29.6 Å². The normalized spacial score (nSPS) is 35.0. The van der Waals surface area contributed by atoms with Gasteiger partial charge in [0.2, 0.25) is 0 Å². The maximum Gasteiger partial charge on any atom is 0.311 e. The van der Waals surface area contributed by atoms with Crippen LogP contribution in [0.15, 0.2) is 30.4 Å². The van der Waals surface area contributed by atoms with Gasteiger partial charge in [-0.3, -0.25) is 29.9 Å². The van der Waals surface area contributed by atoms with Gasteiger partial charge in [0.25, 0.3) is 17.7 Å². The lowest BCUT2D eigenvalue weighted by Crippen LogP contribution is -2.46. The van der Waals surface area contributed by atoms with E-state index in [0.29, 0.717) is 11.8 Å². The van der Waals surface area contributed by atoms with Gasteiger partial charge < -0.3 is 5.11 Å². The first-order chi connectivity index (χ1) is 12.9. The van der Waals surface area contributed by atoms with E-state index in [-0.39, 0.29) is 17.4 Å². The number of hydrogen-bond donors (Lipinski definition) is 2. The Balaban J connectivity index is 1.40. The van der Waals surface area contributed by atoms with Crippen LogP contribution in [0, 0.1) is 45.6 Å². The largest absolute Gasteiger partial charge is 0.502 e. The van der Waals surface area contributed by atoms with Crippen LogP contribution in [0.25, 0.3) is 0 Å². The Morgan fingerprint density at radius 3 is 2.30 bits per heavy atom. The molecular formula is C18H15N3O6. The van der Waals surface area contributed by atoms with Crippen LogP contribution in [0.1, 0.15) is 16.8 Å². The molecule has 6 rings (SSSR count). The fourth-order valence-corrected chi connectivity index (χ4v) is 5.04. The average molecular weight is 369 g/mol. The number of carbonyl (C=O) groups excluding carboxylic acids is 3. The number of hydrazine groups is 1. The highest BCUT2D eigenvalue weighted by Crippen LogP contribution is 2.65. The fourth-order valence-electron chi connectivity index (χ4n) is 5.04.